The highest BCUT2D eigenvalue weighted by atomic mass is 16.5. The van der Waals surface area contributed by atoms with Crippen molar-refractivity contribution in [3.05, 3.63) is 78.3 Å². The molecule has 0 spiro atoms. The van der Waals surface area contributed by atoms with Gasteiger partial charge >= 0.3 is 0 Å². The van der Waals surface area contributed by atoms with E-state index in [4.69, 9.17) is 9.15 Å². The van der Waals surface area contributed by atoms with Crippen molar-refractivity contribution >= 4 is 11.8 Å². The Bertz CT molecular complexity index is 996. The van der Waals surface area contributed by atoms with E-state index in [2.05, 4.69) is 15.3 Å². The number of oxazole rings is 1. The Morgan fingerprint density at radius 1 is 1.10 bits per heavy atom. The highest BCUT2D eigenvalue weighted by Gasteiger charge is 2.39. The molecule has 3 aromatic rings. The van der Waals surface area contributed by atoms with Crippen molar-refractivity contribution in [2.45, 2.75) is 38.9 Å². The lowest BCUT2D eigenvalue weighted by Gasteiger charge is -2.40. The Morgan fingerprint density at radius 2 is 1.77 bits per heavy atom. The molecule has 0 saturated carbocycles. The summed E-state index contributed by atoms with van der Waals surface area (Å²) < 4.78 is 10.4. The largest absolute Gasteiger partial charge is 0.497 e. The Morgan fingerprint density at radius 3 is 2.32 bits per heavy atom. The van der Waals surface area contributed by atoms with Gasteiger partial charge < -0.3 is 19.4 Å². The molecule has 31 heavy (non-hydrogen) atoms. The third-order valence-electron chi connectivity index (χ3n) is 4.74. The minimum absolute atomic E-state index is 0.0666. The Kier molecular flexibility index (Phi) is 6.69. The summed E-state index contributed by atoms with van der Waals surface area (Å²) in [5.74, 6) is 0.0643. The zero-order valence-corrected chi connectivity index (χ0v) is 18.0. The van der Waals surface area contributed by atoms with Crippen LogP contribution in [0.5, 0.6) is 5.75 Å². The SMILES string of the molecule is COc1ccc(CNC(=O)C(c2ccncc2)N(C(=O)c2cnco2)C(C)(C)C)cc1. The van der Waals surface area contributed by atoms with Crippen molar-refractivity contribution in [2.75, 3.05) is 7.11 Å². The maximum Gasteiger partial charge on any atom is 0.292 e. The molecule has 0 aliphatic heterocycles. The summed E-state index contributed by atoms with van der Waals surface area (Å²) in [5, 5.41) is 2.95. The summed E-state index contributed by atoms with van der Waals surface area (Å²) in [7, 11) is 1.60. The molecule has 8 heteroatoms. The van der Waals surface area contributed by atoms with E-state index in [1.165, 1.54) is 17.5 Å². The molecule has 0 radical (unpaired) electrons. The number of aromatic nitrogens is 2. The van der Waals surface area contributed by atoms with Crippen LogP contribution in [-0.4, -0.2) is 39.3 Å². The number of pyridine rings is 1. The molecule has 0 aliphatic rings. The summed E-state index contributed by atoms with van der Waals surface area (Å²) >= 11 is 0. The highest BCUT2D eigenvalue weighted by molar-refractivity contribution is 5.96. The second-order valence-corrected chi connectivity index (χ2v) is 7.96. The summed E-state index contributed by atoms with van der Waals surface area (Å²) in [4.78, 5) is 36.1. The van der Waals surface area contributed by atoms with Gasteiger partial charge in [-0.1, -0.05) is 12.1 Å². The number of nitrogens with zero attached hydrogens (tertiary/aromatic N) is 3. The molecule has 1 atom stereocenters. The lowest BCUT2D eigenvalue weighted by atomic mass is 9.97. The minimum Gasteiger partial charge on any atom is -0.497 e. The number of amides is 2. The highest BCUT2D eigenvalue weighted by Crippen LogP contribution is 2.30. The quantitative estimate of drug-likeness (QED) is 0.627. The monoisotopic (exact) mass is 422 g/mol. The average molecular weight is 422 g/mol. The minimum atomic E-state index is -0.890. The molecule has 2 amide bonds. The fraction of sp³-hybridized carbons (Fsp3) is 0.304. The number of hydrogen-bond donors (Lipinski definition) is 1. The van der Waals surface area contributed by atoms with E-state index in [0.29, 0.717) is 12.1 Å². The van der Waals surface area contributed by atoms with E-state index in [-0.39, 0.29) is 11.7 Å². The Hall–Kier alpha value is -3.68. The number of ether oxygens (including phenoxy) is 1. The van der Waals surface area contributed by atoms with Crippen molar-refractivity contribution in [3.8, 4) is 5.75 Å². The van der Waals surface area contributed by atoms with Gasteiger partial charge in [-0.3, -0.25) is 14.6 Å². The molecule has 2 heterocycles. The zero-order valence-electron chi connectivity index (χ0n) is 18.0. The number of carbonyl (C=O) groups excluding carboxylic acids is 2. The van der Waals surface area contributed by atoms with Crippen molar-refractivity contribution < 1.29 is 18.7 Å². The van der Waals surface area contributed by atoms with Crippen LogP contribution in [0.4, 0.5) is 0 Å². The van der Waals surface area contributed by atoms with Crippen LogP contribution >= 0.6 is 0 Å². The van der Waals surface area contributed by atoms with E-state index in [1.807, 2.05) is 45.0 Å². The predicted molar refractivity (Wildman–Crippen MR) is 114 cm³/mol. The summed E-state index contributed by atoms with van der Waals surface area (Å²) in [6.45, 7) is 5.91. The molecular formula is C23H26N4O4. The van der Waals surface area contributed by atoms with E-state index in [1.54, 1.807) is 31.6 Å². The van der Waals surface area contributed by atoms with Crippen LogP contribution in [0.1, 0.15) is 48.5 Å². The fourth-order valence-electron chi connectivity index (χ4n) is 3.24. The zero-order chi connectivity index (χ0) is 22.4. The molecule has 8 nitrogen and oxygen atoms in total. The first-order valence-corrected chi connectivity index (χ1v) is 9.84. The molecule has 0 aliphatic carbocycles. The molecule has 162 valence electrons. The lowest BCUT2D eigenvalue weighted by Crippen LogP contribution is -2.52. The van der Waals surface area contributed by atoms with Crippen molar-refractivity contribution in [1.82, 2.24) is 20.2 Å². The van der Waals surface area contributed by atoms with E-state index < -0.39 is 17.5 Å². The number of hydrogen-bond acceptors (Lipinski definition) is 6. The number of benzene rings is 1. The molecule has 0 fully saturated rings. The van der Waals surface area contributed by atoms with Gasteiger partial charge in [-0.2, -0.15) is 0 Å². The van der Waals surface area contributed by atoms with Gasteiger partial charge in [-0.15, -0.1) is 0 Å². The van der Waals surface area contributed by atoms with E-state index in [0.717, 1.165) is 11.3 Å². The van der Waals surface area contributed by atoms with E-state index in [9.17, 15) is 9.59 Å². The molecular weight excluding hydrogens is 396 g/mol. The maximum absolute atomic E-state index is 13.4. The second-order valence-electron chi connectivity index (χ2n) is 7.96. The number of carbonyl (C=O) groups is 2. The molecule has 2 aromatic heterocycles. The first kappa shape index (κ1) is 22.0. The number of rotatable bonds is 7. The topological polar surface area (TPSA) is 97.6 Å². The summed E-state index contributed by atoms with van der Waals surface area (Å²) in [5.41, 5.74) is 0.867. The van der Waals surface area contributed by atoms with Gasteiger partial charge in [0.05, 0.1) is 13.3 Å². The molecule has 3 rings (SSSR count). The molecule has 1 unspecified atom stereocenters. The maximum atomic E-state index is 13.4. The smallest absolute Gasteiger partial charge is 0.292 e. The van der Waals surface area contributed by atoms with Crippen LogP contribution in [0.25, 0.3) is 0 Å². The molecule has 0 saturated heterocycles. The standard InChI is InChI=1S/C23H26N4O4/c1-23(2,3)27(22(29)19-14-25-15-31-19)20(17-9-11-24-12-10-17)21(28)26-13-16-5-7-18(30-4)8-6-16/h5-12,14-15,20H,13H2,1-4H3,(H,26,28). The van der Waals surface area contributed by atoms with Crippen molar-refractivity contribution in [1.29, 1.82) is 0 Å². The van der Waals surface area contributed by atoms with Crippen LogP contribution in [0.15, 0.2) is 65.8 Å². The molecule has 0 bridgehead atoms. The van der Waals surface area contributed by atoms with E-state index >= 15 is 0 Å². The molecule has 1 N–H and O–H groups in total. The predicted octanol–water partition coefficient (Wildman–Crippen LogP) is 3.38. The number of methoxy groups -OCH3 is 1. The van der Waals surface area contributed by atoms with Crippen LogP contribution in [0.3, 0.4) is 0 Å². The van der Waals surface area contributed by atoms with Crippen molar-refractivity contribution in [2.24, 2.45) is 0 Å². The van der Waals surface area contributed by atoms with Gasteiger partial charge in [0.25, 0.3) is 5.91 Å². The third-order valence-corrected chi connectivity index (χ3v) is 4.74. The van der Waals surface area contributed by atoms with Gasteiger partial charge in [-0.05, 0) is 56.2 Å². The van der Waals surface area contributed by atoms with Crippen LogP contribution < -0.4 is 10.1 Å². The van der Waals surface area contributed by atoms with Crippen LogP contribution in [-0.2, 0) is 11.3 Å². The first-order valence-electron chi connectivity index (χ1n) is 9.84. The summed E-state index contributed by atoms with van der Waals surface area (Å²) in [6, 6.07) is 9.98. The summed E-state index contributed by atoms with van der Waals surface area (Å²) in [6.07, 6.45) is 5.73. The van der Waals surface area contributed by atoms with Gasteiger partial charge in [0.15, 0.2) is 6.39 Å². The van der Waals surface area contributed by atoms with Gasteiger partial charge in [0.2, 0.25) is 11.7 Å². The normalized spacial score (nSPS) is 12.1. The van der Waals surface area contributed by atoms with Crippen LogP contribution in [0.2, 0.25) is 0 Å². The van der Waals surface area contributed by atoms with Gasteiger partial charge in [0.1, 0.15) is 11.8 Å². The first-order chi connectivity index (χ1) is 14.8. The van der Waals surface area contributed by atoms with Crippen molar-refractivity contribution in [3.63, 3.8) is 0 Å². The molecule has 1 aromatic carbocycles. The third kappa shape index (κ3) is 5.28. The Balaban J connectivity index is 1.92. The lowest BCUT2D eigenvalue weighted by molar-refractivity contribution is -0.127. The van der Waals surface area contributed by atoms with Gasteiger partial charge in [0, 0.05) is 24.5 Å². The Labute approximate surface area is 181 Å². The van der Waals surface area contributed by atoms with Crippen LogP contribution in [0, 0.1) is 0 Å². The second kappa shape index (κ2) is 9.42. The average Bonchev–Trinajstić information content (AvgIpc) is 3.30. The number of nitrogens with one attached hydrogen (secondary N) is 1. The fourth-order valence-corrected chi connectivity index (χ4v) is 3.24. The van der Waals surface area contributed by atoms with Gasteiger partial charge in [-0.25, -0.2) is 4.98 Å².